The summed E-state index contributed by atoms with van der Waals surface area (Å²) < 4.78 is 36.8. The summed E-state index contributed by atoms with van der Waals surface area (Å²) >= 11 is 0. The summed E-state index contributed by atoms with van der Waals surface area (Å²) in [6.45, 7) is 1.06. The Morgan fingerprint density at radius 3 is 3.00 bits per heavy atom. The van der Waals surface area contributed by atoms with Crippen LogP contribution >= 0.6 is 0 Å². The van der Waals surface area contributed by atoms with Crippen LogP contribution in [0.3, 0.4) is 0 Å². The summed E-state index contributed by atoms with van der Waals surface area (Å²) in [4.78, 5) is 2.29. The quantitative estimate of drug-likeness (QED) is 0.819. The van der Waals surface area contributed by atoms with Crippen molar-refractivity contribution in [3.63, 3.8) is 0 Å². The van der Waals surface area contributed by atoms with Crippen LogP contribution in [0.2, 0.25) is 0 Å². The Kier molecular flexibility index (Phi) is 5.19. The van der Waals surface area contributed by atoms with Crippen LogP contribution in [0.1, 0.15) is 11.7 Å². The summed E-state index contributed by atoms with van der Waals surface area (Å²) in [6.07, 6.45) is 3.56. The lowest BCUT2D eigenvalue weighted by atomic mass is 10.1. The third-order valence-electron chi connectivity index (χ3n) is 3.81. The molecule has 0 aliphatic carbocycles. The van der Waals surface area contributed by atoms with Crippen molar-refractivity contribution in [3.8, 4) is 5.75 Å². The fraction of sp³-hybridized carbons (Fsp3) is 0.438. The second kappa shape index (κ2) is 7.52. The van der Waals surface area contributed by atoms with Crippen molar-refractivity contribution in [1.82, 2.24) is 14.7 Å². The second-order valence-electron chi connectivity index (χ2n) is 5.38. The highest BCUT2D eigenvalue weighted by Crippen LogP contribution is 2.26. The molecule has 7 heteroatoms. The van der Waals surface area contributed by atoms with E-state index in [1.54, 1.807) is 18.3 Å². The van der Waals surface area contributed by atoms with Crippen LogP contribution in [-0.4, -0.2) is 47.5 Å². The van der Waals surface area contributed by atoms with E-state index in [-0.39, 0.29) is 11.9 Å². The van der Waals surface area contributed by atoms with Crippen LogP contribution in [0.15, 0.2) is 42.7 Å². The fourth-order valence-corrected chi connectivity index (χ4v) is 2.67. The van der Waals surface area contributed by atoms with Gasteiger partial charge in [0.25, 0.3) is 0 Å². The molecule has 124 valence electrons. The van der Waals surface area contributed by atoms with Crippen LogP contribution in [0.25, 0.3) is 0 Å². The van der Waals surface area contributed by atoms with Crippen LogP contribution in [0.5, 0.6) is 5.75 Å². The minimum atomic E-state index is -2.82. The molecule has 0 N–H and O–H groups in total. The van der Waals surface area contributed by atoms with Crippen LogP contribution in [0, 0.1) is 0 Å². The first kappa shape index (κ1) is 15.9. The molecule has 0 unspecified atom stereocenters. The van der Waals surface area contributed by atoms with Gasteiger partial charge >= 0.3 is 6.61 Å². The molecule has 5 nitrogen and oxygen atoms in total. The average Bonchev–Trinajstić information content (AvgIpc) is 3.06. The zero-order valence-electron chi connectivity index (χ0n) is 12.6. The summed E-state index contributed by atoms with van der Waals surface area (Å²) in [5.74, 6) is 0.162. The van der Waals surface area contributed by atoms with Gasteiger partial charge in [0.2, 0.25) is 0 Å². The standard InChI is InChI=1S/C16H19F2N3O2/c17-16(18)23-14-4-1-3-13(11-14)15-12-20(9-10-22-15)7-8-21-6-2-5-19-21/h1-6,11,15-16H,7-10,12H2/t15-/m1/s1. The lowest BCUT2D eigenvalue weighted by Crippen LogP contribution is -2.40. The molecule has 1 aliphatic heterocycles. The predicted octanol–water partition coefficient (Wildman–Crippen LogP) is 2.56. The topological polar surface area (TPSA) is 39.5 Å². The van der Waals surface area contributed by atoms with Crippen LogP contribution < -0.4 is 4.74 Å². The number of hydrogen-bond acceptors (Lipinski definition) is 4. The maximum atomic E-state index is 12.3. The molecular weight excluding hydrogens is 304 g/mol. The molecule has 1 aromatic carbocycles. The highest BCUT2D eigenvalue weighted by atomic mass is 19.3. The first-order valence-corrected chi connectivity index (χ1v) is 7.57. The Bertz CT molecular complexity index is 607. The lowest BCUT2D eigenvalue weighted by molar-refractivity contribution is -0.0508. The average molecular weight is 323 g/mol. The largest absolute Gasteiger partial charge is 0.435 e. The molecule has 1 saturated heterocycles. The van der Waals surface area contributed by atoms with E-state index >= 15 is 0 Å². The van der Waals surface area contributed by atoms with Gasteiger partial charge in [0.1, 0.15) is 5.75 Å². The smallest absolute Gasteiger partial charge is 0.387 e. The van der Waals surface area contributed by atoms with E-state index in [2.05, 4.69) is 14.7 Å². The molecule has 1 aromatic heterocycles. The molecule has 0 radical (unpaired) electrons. The highest BCUT2D eigenvalue weighted by molar-refractivity contribution is 5.30. The third-order valence-corrected chi connectivity index (χ3v) is 3.81. The number of benzene rings is 1. The zero-order chi connectivity index (χ0) is 16.1. The Morgan fingerprint density at radius 1 is 1.30 bits per heavy atom. The van der Waals surface area contributed by atoms with E-state index in [1.165, 1.54) is 6.07 Å². The Balaban J connectivity index is 1.59. The maximum Gasteiger partial charge on any atom is 0.387 e. The number of rotatable bonds is 6. The normalized spacial score (nSPS) is 19.2. The number of aromatic nitrogens is 2. The highest BCUT2D eigenvalue weighted by Gasteiger charge is 2.22. The minimum absolute atomic E-state index is 0.136. The number of hydrogen-bond donors (Lipinski definition) is 0. The van der Waals surface area contributed by atoms with Crippen molar-refractivity contribution < 1.29 is 18.3 Å². The van der Waals surface area contributed by atoms with Gasteiger partial charge < -0.3 is 9.47 Å². The Labute approximate surface area is 133 Å². The van der Waals surface area contributed by atoms with Gasteiger partial charge in [0, 0.05) is 32.0 Å². The Morgan fingerprint density at radius 2 is 2.22 bits per heavy atom. The summed E-state index contributed by atoms with van der Waals surface area (Å²) in [7, 11) is 0. The second-order valence-corrected chi connectivity index (χ2v) is 5.38. The molecule has 1 aliphatic rings. The van der Waals surface area contributed by atoms with E-state index in [0.29, 0.717) is 6.61 Å². The molecule has 0 bridgehead atoms. The van der Waals surface area contributed by atoms with Gasteiger partial charge in [-0.2, -0.15) is 13.9 Å². The van der Waals surface area contributed by atoms with Crippen molar-refractivity contribution in [3.05, 3.63) is 48.3 Å². The molecule has 2 heterocycles. The van der Waals surface area contributed by atoms with Crippen molar-refractivity contribution >= 4 is 0 Å². The molecule has 0 saturated carbocycles. The van der Waals surface area contributed by atoms with E-state index in [9.17, 15) is 8.78 Å². The summed E-state index contributed by atoms with van der Waals surface area (Å²) in [5.41, 5.74) is 0.854. The van der Waals surface area contributed by atoms with Crippen molar-refractivity contribution in [2.45, 2.75) is 19.3 Å². The van der Waals surface area contributed by atoms with E-state index in [0.717, 1.165) is 31.7 Å². The van der Waals surface area contributed by atoms with Crippen LogP contribution in [-0.2, 0) is 11.3 Å². The molecule has 1 atom stereocenters. The van der Waals surface area contributed by atoms with Gasteiger partial charge in [-0.3, -0.25) is 9.58 Å². The SMILES string of the molecule is FC(F)Oc1cccc([C@H]2CN(CCn3cccn3)CCO2)c1. The van der Waals surface area contributed by atoms with Crippen molar-refractivity contribution in [2.75, 3.05) is 26.2 Å². The van der Waals surface area contributed by atoms with Gasteiger partial charge in [-0.1, -0.05) is 12.1 Å². The first-order valence-electron chi connectivity index (χ1n) is 7.57. The van der Waals surface area contributed by atoms with Crippen molar-refractivity contribution in [1.29, 1.82) is 0 Å². The molecule has 0 spiro atoms. The van der Waals surface area contributed by atoms with Crippen molar-refractivity contribution in [2.24, 2.45) is 0 Å². The first-order chi connectivity index (χ1) is 11.2. The van der Waals surface area contributed by atoms with E-state index < -0.39 is 6.61 Å². The fourth-order valence-electron chi connectivity index (χ4n) is 2.67. The van der Waals surface area contributed by atoms with Gasteiger partial charge in [0.05, 0.1) is 19.3 Å². The number of morpholine rings is 1. The zero-order valence-corrected chi connectivity index (χ0v) is 12.6. The van der Waals surface area contributed by atoms with Gasteiger partial charge in [-0.25, -0.2) is 0 Å². The van der Waals surface area contributed by atoms with Gasteiger partial charge in [0.15, 0.2) is 0 Å². The summed E-state index contributed by atoms with van der Waals surface area (Å²) in [6, 6.07) is 8.62. The molecule has 0 amide bonds. The number of nitrogens with zero attached hydrogens (tertiary/aromatic N) is 3. The van der Waals surface area contributed by atoms with E-state index in [4.69, 9.17) is 4.74 Å². The monoisotopic (exact) mass is 323 g/mol. The molecule has 1 fully saturated rings. The maximum absolute atomic E-state index is 12.3. The summed E-state index contributed by atoms with van der Waals surface area (Å²) in [5, 5.41) is 4.19. The molecular formula is C16H19F2N3O2. The molecule has 23 heavy (non-hydrogen) atoms. The van der Waals surface area contributed by atoms with Gasteiger partial charge in [-0.15, -0.1) is 0 Å². The van der Waals surface area contributed by atoms with Crippen LogP contribution in [0.4, 0.5) is 8.78 Å². The minimum Gasteiger partial charge on any atom is -0.435 e. The number of halogens is 2. The number of alkyl halides is 2. The number of ether oxygens (including phenoxy) is 2. The molecule has 3 rings (SSSR count). The van der Waals surface area contributed by atoms with Gasteiger partial charge in [-0.05, 0) is 23.8 Å². The Hall–Kier alpha value is -1.99. The lowest BCUT2D eigenvalue weighted by Gasteiger charge is -2.33. The third kappa shape index (κ3) is 4.49. The van der Waals surface area contributed by atoms with E-state index in [1.807, 2.05) is 23.0 Å². The molecule has 2 aromatic rings. The predicted molar refractivity (Wildman–Crippen MR) is 80.4 cm³/mol.